The van der Waals surface area contributed by atoms with Gasteiger partial charge < -0.3 is 0 Å². The van der Waals surface area contributed by atoms with Gasteiger partial charge in [0.15, 0.2) is 0 Å². The molecule has 1 aromatic heterocycles. The fourth-order valence-corrected chi connectivity index (χ4v) is 0.603. The summed E-state index contributed by atoms with van der Waals surface area (Å²) >= 11 is 4.54. The molecule has 2 nitrogen and oxygen atoms in total. The number of thiocarbonyl (C=S) groups is 1. The molecule has 0 atom stereocenters. The minimum atomic E-state index is 1.46. The number of nitrogens with one attached hydrogen (secondary N) is 1. The normalized spacial score (nSPS) is 8.50. The summed E-state index contributed by atoms with van der Waals surface area (Å²) in [6.45, 7) is 0. The van der Waals surface area contributed by atoms with Gasteiger partial charge in [-0.3, -0.25) is 10.1 Å². The second kappa shape index (κ2) is 2.47. The molecule has 1 N–H and O–H groups in total. The molecule has 0 saturated carbocycles. The van der Waals surface area contributed by atoms with Crippen LogP contribution in [0.3, 0.4) is 0 Å². The van der Waals surface area contributed by atoms with Gasteiger partial charge in [0.1, 0.15) is 0 Å². The van der Waals surface area contributed by atoms with Gasteiger partial charge in [-0.2, -0.15) is 0 Å². The van der Waals surface area contributed by atoms with Crippen molar-refractivity contribution >= 4 is 17.7 Å². The van der Waals surface area contributed by atoms with Crippen LogP contribution in [0.5, 0.6) is 0 Å². The Morgan fingerprint density at radius 1 is 1.38 bits per heavy atom. The molecule has 0 bridgehead atoms. The molecule has 3 heteroatoms. The van der Waals surface area contributed by atoms with E-state index < -0.39 is 0 Å². The molecule has 1 aromatic rings. The van der Waals surface area contributed by atoms with E-state index in [1.165, 1.54) is 5.49 Å². The van der Waals surface area contributed by atoms with E-state index in [1.54, 1.807) is 4.68 Å². The van der Waals surface area contributed by atoms with Crippen LogP contribution in [0.2, 0.25) is 0 Å². The maximum absolute atomic E-state index is 4.54. The van der Waals surface area contributed by atoms with Crippen LogP contribution in [-0.4, -0.2) is 10.2 Å². The zero-order valence-corrected chi connectivity index (χ0v) is 5.06. The van der Waals surface area contributed by atoms with Crippen LogP contribution in [-0.2, 0) is 0 Å². The lowest BCUT2D eigenvalue weighted by molar-refractivity contribution is 1.00. The summed E-state index contributed by atoms with van der Waals surface area (Å²) in [5, 5.41) is 0. The number of rotatable bonds is 2. The van der Waals surface area contributed by atoms with Crippen LogP contribution in [0, 0.1) is 0 Å². The third-order valence-electron chi connectivity index (χ3n) is 0.806. The topological polar surface area (TPSA) is 17.0 Å². The number of aromatic nitrogens is 1. The van der Waals surface area contributed by atoms with Crippen LogP contribution in [0.1, 0.15) is 0 Å². The highest BCUT2D eigenvalue weighted by molar-refractivity contribution is 7.79. The summed E-state index contributed by atoms with van der Waals surface area (Å²) in [5.41, 5.74) is 4.25. The van der Waals surface area contributed by atoms with Gasteiger partial charge >= 0.3 is 0 Å². The van der Waals surface area contributed by atoms with Gasteiger partial charge in [-0.05, 0) is 12.1 Å². The van der Waals surface area contributed by atoms with Gasteiger partial charge in [-0.15, -0.1) is 0 Å². The molecule has 0 saturated heterocycles. The monoisotopic (exact) mass is 126 g/mol. The van der Waals surface area contributed by atoms with E-state index >= 15 is 0 Å². The van der Waals surface area contributed by atoms with E-state index in [9.17, 15) is 0 Å². The van der Waals surface area contributed by atoms with Crippen molar-refractivity contribution in [2.24, 2.45) is 0 Å². The molecule has 0 amide bonds. The standard InChI is InChI=1S/C5H6N2S/c8-5-6-7-3-1-2-4-7/h1-5H,(H,6,8). The molecule has 0 aliphatic carbocycles. The molecule has 0 fully saturated rings. The Hall–Kier alpha value is -0.830. The Morgan fingerprint density at radius 3 is 2.50 bits per heavy atom. The van der Waals surface area contributed by atoms with Crippen LogP contribution in [0.15, 0.2) is 24.5 Å². The first-order chi connectivity index (χ1) is 3.93. The molecule has 1 heterocycles. The van der Waals surface area contributed by atoms with Crippen molar-refractivity contribution in [3.8, 4) is 0 Å². The summed E-state index contributed by atoms with van der Waals surface area (Å²) in [7, 11) is 0. The van der Waals surface area contributed by atoms with Crippen LogP contribution in [0.25, 0.3) is 0 Å². The number of hydrogen-bond donors (Lipinski definition) is 1. The Bertz CT molecular complexity index is 157. The minimum absolute atomic E-state index is 1.46. The van der Waals surface area contributed by atoms with E-state index in [4.69, 9.17) is 0 Å². The Balaban J connectivity index is 2.62. The highest BCUT2D eigenvalue weighted by Gasteiger charge is 1.76. The molecular weight excluding hydrogens is 120 g/mol. The third-order valence-corrected chi connectivity index (χ3v) is 0.912. The molecule has 0 aromatic carbocycles. The molecule has 0 radical (unpaired) electrons. The van der Waals surface area contributed by atoms with Gasteiger partial charge in [0, 0.05) is 12.4 Å². The largest absolute Gasteiger partial charge is 0.291 e. The van der Waals surface area contributed by atoms with Crippen molar-refractivity contribution in [3.63, 3.8) is 0 Å². The van der Waals surface area contributed by atoms with Gasteiger partial charge in [0.2, 0.25) is 0 Å². The molecule has 0 spiro atoms. The maximum atomic E-state index is 4.54. The summed E-state index contributed by atoms with van der Waals surface area (Å²) in [4.78, 5) is 0. The lowest BCUT2D eigenvalue weighted by atomic mass is 10.7. The van der Waals surface area contributed by atoms with Crippen molar-refractivity contribution < 1.29 is 0 Å². The predicted octanol–water partition coefficient (Wildman–Crippen LogP) is 0.989. The number of nitrogens with zero attached hydrogens (tertiary/aromatic N) is 1. The summed E-state index contributed by atoms with van der Waals surface area (Å²) in [5.74, 6) is 0. The molecule has 0 aliphatic heterocycles. The molecule has 0 unspecified atom stereocenters. The van der Waals surface area contributed by atoms with E-state index in [2.05, 4.69) is 17.6 Å². The van der Waals surface area contributed by atoms with Crippen molar-refractivity contribution in [3.05, 3.63) is 24.5 Å². The van der Waals surface area contributed by atoms with Gasteiger partial charge in [-0.25, -0.2) is 0 Å². The van der Waals surface area contributed by atoms with E-state index in [-0.39, 0.29) is 0 Å². The van der Waals surface area contributed by atoms with Crippen LogP contribution >= 0.6 is 12.2 Å². The Labute approximate surface area is 53.1 Å². The molecule has 8 heavy (non-hydrogen) atoms. The number of hydrogen-bond acceptors (Lipinski definition) is 1. The quantitative estimate of drug-likeness (QED) is 0.595. The summed E-state index contributed by atoms with van der Waals surface area (Å²) in [6.07, 6.45) is 3.76. The van der Waals surface area contributed by atoms with E-state index in [1.807, 2.05) is 24.5 Å². The fraction of sp³-hybridized carbons (Fsp3) is 0. The average Bonchev–Trinajstić information content (AvgIpc) is 2.19. The van der Waals surface area contributed by atoms with Crippen LogP contribution < -0.4 is 5.43 Å². The summed E-state index contributed by atoms with van der Waals surface area (Å²) in [6, 6.07) is 3.84. The van der Waals surface area contributed by atoms with Gasteiger partial charge in [0.05, 0.1) is 5.49 Å². The van der Waals surface area contributed by atoms with Gasteiger partial charge in [-0.1, -0.05) is 12.2 Å². The Kier molecular flexibility index (Phi) is 1.64. The third kappa shape index (κ3) is 1.07. The van der Waals surface area contributed by atoms with Crippen molar-refractivity contribution in [2.75, 3.05) is 5.43 Å². The van der Waals surface area contributed by atoms with Crippen LogP contribution in [0.4, 0.5) is 0 Å². The summed E-state index contributed by atoms with van der Waals surface area (Å²) < 4.78 is 1.77. The minimum Gasteiger partial charge on any atom is -0.291 e. The van der Waals surface area contributed by atoms with Crippen molar-refractivity contribution in [1.82, 2.24) is 4.68 Å². The maximum Gasteiger partial charge on any atom is 0.0813 e. The van der Waals surface area contributed by atoms with Crippen molar-refractivity contribution in [1.29, 1.82) is 0 Å². The second-order valence-corrected chi connectivity index (χ2v) is 1.57. The molecule has 42 valence electrons. The predicted molar refractivity (Wildman–Crippen MR) is 37.4 cm³/mol. The zero-order valence-electron chi connectivity index (χ0n) is 4.24. The molecule has 0 aliphatic rings. The SMILES string of the molecule is S=CNn1cccc1. The van der Waals surface area contributed by atoms with Crippen molar-refractivity contribution in [2.45, 2.75) is 0 Å². The second-order valence-electron chi connectivity index (χ2n) is 1.34. The fourth-order valence-electron chi connectivity index (χ4n) is 0.481. The first-order valence-electron chi connectivity index (χ1n) is 2.26. The Morgan fingerprint density at radius 2 is 2.00 bits per heavy atom. The molecular formula is C5H6N2S. The highest BCUT2D eigenvalue weighted by atomic mass is 32.1. The van der Waals surface area contributed by atoms with E-state index in [0.29, 0.717) is 0 Å². The lowest BCUT2D eigenvalue weighted by Crippen LogP contribution is -2.07. The highest BCUT2D eigenvalue weighted by Crippen LogP contribution is 1.82. The zero-order chi connectivity index (χ0) is 5.82. The smallest absolute Gasteiger partial charge is 0.0813 e. The van der Waals surface area contributed by atoms with Gasteiger partial charge in [0.25, 0.3) is 0 Å². The average molecular weight is 126 g/mol. The first-order valence-corrected chi connectivity index (χ1v) is 2.74. The molecule has 1 rings (SSSR count). The van der Waals surface area contributed by atoms with E-state index in [0.717, 1.165) is 0 Å². The first kappa shape index (κ1) is 5.31. The lowest BCUT2D eigenvalue weighted by Gasteiger charge is -1.95.